The van der Waals surface area contributed by atoms with Crippen molar-refractivity contribution in [3.8, 4) is 5.75 Å². The van der Waals surface area contributed by atoms with Crippen molar-refractivity contribution in [3.05, 3.63) is 29.3 Å². The summed E-state index contributed by atoms with van der Waals surface area (Å²) in [6.45, 7) is 9.52. The Labute approximate surface area is 93.5 Å². The summed E-state index contributed by atoms with van der Waals surface area (Å²) < 4.78 is 5.77. The highest BCUT2D eigenvalue weighted by Gasteiger charge is 2.00. The molecule has 0 N–H and O–H groups in total. The highest BCUT2D eigenvalue weighted by Crippen LogP contribution is 2.19. The number of aryl methyl sites for hydroxylation is 2. The van der Waals surface area contributed by atoms with Gasteiger partial charge in [-0.3, -0.25) is 0 Å². The lowest BCUT2D eigenvalue weighted by molar-refractivity contribution is 0.296. The van der Waals surface area contributed by atoms with E-state index in [9.17, 15) is 0 Å². The third-order valence-corrected chi connectivity index (χ3v) is 2.53. The summed E-state index contributed by atoms with van der Waals surface area (Å²) in [5.41, 5.74) is 2.49. The van der Waals surface area contributed by atoms with Gasteiger partial charge in [-0.2, -0.15) is 0 Å². The van der Waals surface area contributed by atoms with E-state index in [1.165, 1.54) is 17.5 Å². The summed E-state index contributed by atoms with van der Waals surface area (Å²) in [5, 5.41) is 0. The zero-order valence-electron chi connectivity index (χ0n) is 10.3. The van der Waals surface area contributed by atoms with E-state index in [2.05, 4.69) is 45.9 Å². The zero-order valence-corrected chi connectivity index (χ0v) is 10.3. The summed E-state index contributed by atoms with van der Waals surface area (Å²) in [6.07, 6.45) is 2.38. The summed E-state index contributed by atoms with van der Waals surface area (Å²) in [7, 11) is 0. The Balaban J connectivity index is 2.40. The number of ether oxygens (including phenoxy) is 1. The van der Waals surface area contributed by atoms with Crippen molar-refractivity contribution < 1.29 is 4.74 Å². The summed E-state index contributed by atoms with van der Waals surface area (Å²) in [4.78, 5) is 0. The highest BCUT2D eigenvalue weighted by atomic mass is 16.5. The minimum atomic E-state index is 0.771. The van der Waals surface area contributed by atoms with Gasteiger partial charge < -0.3 is 4.74 Å². The Hall–Kier alpha value is -0.980. The molecule has 1 heteroatoms. The molecule has 0 aliphatic heterocycles. The molecule has 15 heavy (non-hydrogen) atoms. The second-order valence-electron chi connectivity index (χ2n) is 4.65. The van der Waals surface area contributed by atoms with Crippen LogP contribution in [0.2, 0.25) is 0 Å². The Morgan fingerprint density at radius 3 is 2.60 bits per heavy atom. The fourth-order valence-electron chi connectivity index (χ4n) is 1.54. The molecule has 0 amide bonds. The van der Waals surface area contributed by atoms with E-state index in [0.29, 0.717) is 0 Å². The lowest BCUT2D eigenvalue weighted by atomic mass is 10.1. The number of hydrogen-bond acceptors (Lipinski definition) is 1. The van der Waals surface area contributed by atoms with E-state index in [-0.39, 0.29) is 0 Å². The smallest absolute Gasteiger partial charge is 0.122 e. The van der Waals surface area contributed by atoms with Gasteiger partial charge in [0.25, 0.3) is 0 Å². The molecule has 1 aromatic carbocycles. The van der Waals surface area contributed by atoms with Crippen molar-refractivity contribution in [1.29, 1.82) is 0 Å². The maximum atomic E-state index is 5.77. The fourth-order valence-corrected chi connectivity index (χ4v) is 1.54. The molecule has 0 aliphatic carbocycles. The molecule has 0 bridgehead atoms. The average Bonchev–Trinajstić information content (AvgIpc) is 2.17. The molecule has 0 aromatic heterocycles. The first kappa shape index (κ1) is 12.1. The van der Waals surface area contributed by atoms with Gasteiger partial charge in [0, 0.05) is 0 Å². The van der Waals surface area contributed by atoms with Crippen LogP contribution in [-0.2, 0) is 0 Å². The molecule has 0 radical (unpaired) electrons. The predicted octanol–water partition coefficient (Wildman–Crippen LogP) is 4.12. The van der Waals surface area contributed by atoms with Crippen LogP contribution in [0.1, 0.15) is 37.8 Å². The Morgan fingerprint density at radius 2 is 1.93 bits per heavy atom. The lowest BCUT2D eigenvalue weighted by Crippen LogP contribution is -2.01. The third-order valence-electron chi connectivity index (χ3n) is 2.53. The normalized spacial score (nSPS) is 10.7. The lowest BCUT2D eigenvalue weighted by Gasteiger charge is -2.10. The highest BCUT2D eigenvalue weighted by molar-refractivity contribution is 5.35. The van der Waals surface area contributed by atoms with Gasteiger partial charge in [0.1, 0.15) is 5.75 Å². The maximum absolute atomic E-state index is 5.77. The van der Waals surface area contributed by atoms with Gasteiger partial charge in [-0.1, -0.05) is 26.0 Å². The topological polar surface area (TPSA) is 9.23 Å². The Bertz CT molecular complexity index is 302. The van der Waals surface area contributed by atoms with E-state index in [1.807, 2.05) is 0 Å². The Morgan fingerprint density at radius 1 is 1.20 bits per heavy atom. The standard InChI is InChI=1S/C14H22O/c1-11(2)6-5-9-15-14-10-12(3)7-8-13(14)4/h7-8,10-11H,5-6,9H2,1-4H3. The molecule has 1 aromatic rings. The molecule has 1 nitrogen and oxygen atoms in total. The molecule has 84 valence electrons. The molecule has 0 spiro atoms. The molecular formula is C14H22O. The number of rotatable bonds is 5. The molecule has 0 fully saturated rings. The van der Waals surface area contributed by atoms with Crippen LogP contribution in [0, 0.1) is 19.8 Å². The van der Waals surface area contributed by atoms with Crippen LogP contribution >= 0.6 is 0 Å². The van der Waals surface area contributed by atoms with Gasteiger partial charge in [-0.25, -0.2) is 0 Å². The molecule has 0 aliphatic rings. The monoisotopic (exact) mass is 206 g/mol. The molecule has 0 saturated carbocycles. The van der Waals surface area contributed by atoms with E-state index >= 15 is 0 Å². The van der Waals surface area contributed by atoms with E-state index < -0.39 is 0 Å². The zero-order chi connectivity index (χ0) is 11.3. The van der Waals surface area contributed by atoms with Crippen LogP contribution < -0.4 is 4.74 Å². The third kappa shape index (κ3) is 4.37. The van der Waals surface area contributed by atoms with Crippen LogP contribution in [0.25, 0.3) is 0 Å². The Kier molecular flexibility index (Phi) is 4.67. The quantitative estimate of drug-likeness (QED) is 0.658. The first-order chi connectivity index (χ1) is 7.09. The van der Waals surface area contributed by atoms with Crippen LogP contribution in [0.15, 0.2) is 18.2 Å². The van der Waals surface area contributed by atoms with Crippen molar-refractivity contribution in [2.24, 2.45) is 5.92 Å². The summed E-state index contributed by atoms with van der Waals surface area (Å²) in [6, 6.07) is 6.36. The van der Waals surface area contributed by atoms with E-state index in [4.69, 9.17) is 4.74 Å². The van der Waals surface area contributed by atoms with Crippen LogP contribution in [-0.4, -0.2) is 6.61 Å². The van der Waals surface area contributed by atoms with E-state index in [1.54, 1.807) is 0 Å². The summed E-state index contributed by atoms with van der Waals surface area (Å²) >= 11 is 0. The SMILES string of the molecule is Cc1ccc(C)c(OCCCC(C)C)c1. The first-order valence-corrected chi connectivity index (χ1v) is 5.79. The van der Waals surface area contributed by atoms with Gasteiger partial charge >= 0.3 is 0 Å². The molecular weight excluding hydrogens is 184 g/mol. The molecule has 0 saturated heterocycles. The minimum absolute atomic E-state index is 0.771. The largest absolute Gasteiger partial charge is 0.493 e. The predicted molar refractivity (Wildman–Crippen MR) is 65.5 cm³/mol. The first-order valence-electron chi connectivity index (χ1n) is 5.79. The summed E-state index contributed by atoms with van der Waals surface area (Å²) in [5.74, 6) is 1.81. The minimum Gasteiger partial charge on any atom is -0.493 e. The second-order valence-corrected chi connectivity index (χ2v) is 4.65. The van der Waals surface area contributed by atoms with Gasteiger partial charge in [-0.15, -0.1) is 0 Å². The van der Waals surface area contributed by atoms with Crippen molar-refractivity contribution in [2.75, 3.05) is 6.61 Å². The van der Waals surface area contributed by atoms with E-state index in [0.717, 1.165) is 24.7 Å². The number of hydrogen-bond donors (Lipinski definition) is 0. The molecule has 0 heterocycles. The molecule has 1 rings (SSSR count). The van der Waals surface area contributed by atoms with Gasteiger partial charge in [0.05, 0.1) is 6.61 Å². The fraction of sp³-hybridized carbons (Fsp3) is 0.571. The van der Waals surface area contributed by atoms with Gasteiger partial charge in [-0.05, 0) is 49.8 Å². The average molecular weight is 206 g/mol. The van der Waals surface area contributed by atoms with Gasteiger partial charge in [0.2, 0.25) is 0 Å². The van der Waals surface area contributed by atoms with Crippen LogP contribution in [0.5, 0.6) is 5.75 Å². The van der Waals surface area contributed by atoms with Crippen molar-refractivity contribution in [2.45, 2.75) is 40.5 Å². The van der Waals surface area contributed by atoms with Crippen LogP contribution in [0.4, 0.5) is 0 Å². The molecule has 0 atom stereocenters. The van der Waals surface area contributed by atoms with Gasteiger partial charge in [0.15, 0.2) is 0 Å². The maximum Gasteiger partial charge on any atom is 0.122 e. The van der Waals surface area contributed by atoms with Crippen LogP contribution in [0.3, 0.4) is 0 Å². The van der Waals surface area contributed by atoms with Crippen molar-refractivity contribution >= 4 is 0 Å². The van der Waals surface area contributed by atoms with Crippen molar-refractivity contribution in [1.82, 2.24) is 0 Å². The number of benzene rings is 1. The molecule has 0 unspecified atom stereocenters. The second kappa shape index (κ2) is 5.79. The van der Waals surface area contributed by atoms with Crippen molar-refractivity contribution in [3.63, 3.8) is 0 Å².